The third kappa shape index (κ3) is 4.88. The first-order valence-corrected chi connectivity index (χ1v) is 21.5. The van der Waals surface area contributed by atoms with Gasteiger partial charge in [-0.25, -0.2) is 0 Å². The van der Waals surface area contributed by atoms with Gasteiger partial charge in [0.05, 0.1) is 5.69 Å². The van der Waals surface area contributed by atoms with E-state index in [1.54, 1.807) is 0 Å². The first kappa shape index (κ1) is 35.2. The zero-order valence-corrected chi connectivity index (χ0v) is 35.2. The van der Waals surface area contributed by atoms with Crippen molar-refractivity contribution in [2.24, 2.45) is 0 Å². The second-order valence-electron chi connectivity index (χ2n) is 18.5. The molecule has 282 valence electrons. The summed E-state index contributed by atoms with van der Waals surface area (Å²) in [6, 6.07) is 59.3. The van der Waals surface area contributed by atoms with Crippen molar-refractivity contribution in [2.75, 3.05) is 4.90 Å². The fourth-order valence-corrected chi connectivity index (χ4v) is 11.9. The van der Waals surface area contributed by atoms with Crippen LogP contribution in [-0.4, -0.2) is 0 Å². The van der Waals surface area contributed by atoms with Crippen molar-refractivity contribution in [1.29, 1.82) is 0 Å². The van der Waals surface area contributed by atoms with Crippen LogP contribution in [0.4, 0.5) is 17.1 Å². The first-order valence-electron chi connectivity index (χ1n) is 20.7. The molecule has 2 aliphatic rings. The molecule has 58 heavy (non-hydrogen) atoms. The maximum absolute atomic E-state index is 2.64. The Hall–Kier alpha value is -5.96. The van der Waals surface area contributed by atoms with E-state index in [1.165, 1.54) is 104 Å². The zero-order valence-electron chi connectivity index (χ0n) is 34.4. The lowest BCUT2D eigenvalue weighted by atomic mass is 9.71. The van der Waals surface area contributed by atoms with Crippen molar-refractivity contribution in [3.05, 3.63) is 186 Å². The molecule has 2 aliphatic carbocycles. The van der Waals surface area contributed by atoms with Gasteiger partial charge < -0.3 is 4.90 Å². The van der Waals surface area contributed by atoms with Gasteiger partial charge in [0.1, 0.15) is 0 Å². The summed E-state index contributed by atoms with van der Waals surface area (Å²) >= 11 is 1.89. The number of thiophene rings is 1. The average Bonchev–Trinajstić information content (AvgIpc) is 3.80. The van der Waals surface area contributed by atoms with Gasteiger partial charge in [-0.05, 0) is 108 Å². The van der Waals surface area contributed by atoms with Crippen LogP contribution in [0.25, 0.3) is 64.3 Å². The molecule has 0 saturated carbocycles. The molecule has 2 heteroatoms. The molecule has 0 amide bonds. The molecule has 0 radical (unpaired) electrons. The molecule has 0 unspecified atom stereocenters. The number of rotatable bonds is 4. The first-order chi connectivity index (χ1) is 27.9. The van der Waals surface area contributed by atoms with E-state index in [2.05, 4.69) is 211 Å². The Labute approximate surface area is 346 Å². The minimum atomic E-state index is -0.260. The Balaban J connectivity index is 1.27. The van der Waals surface area contributed by atoms with Crippen molar-refractivity contribution < 1.29 is 0 Å². The quantitative estimate of drug-likeness (QED) is 0.172. The molecule has 0 bridgehead atoms. The monoisotopic (exact) mass is 765 g/mol. The molecule has 0 N–H and O–H groups in total. The summed E-state index contributed by atoms with van der Waals surface area (Å²) in [6.45, 7) is 17.1. The lowest BCUT2D eigenvalue weighted by Gasteiger charge is -2.39. The molecule has 1 aromatic heterocycles. The second-order valence-corrected chi connectivity index (χ2v) is 19.6. The van der Waals surface area contributed by atoms with Gasteiger partial charge in [-0.2, -0.15) is 0 Å². The lowest BCUT2D eigenvalue weighted by molar-refractivity contribution is 0.587. The third-order valence-electron chi connectivity index (χ3n) is 13.3. The highest BCUT2D eigenvalue weighted by molar-refractivity contribution is 7.25. The van der Waals surface area contributed by atoms with E-state index in [-0.39, 0.29) is 16.2 Å². The van der Waals surface area contributed by atoms with Crippen LogP contribution in [-0.2, 0) is 16.2 Å². The molecule has 9 aromatic rings. The van der Waals surface area contributed by atoms with Crippen LogP contribution >= 0.6 is 11.3 Å². The summed E-state index contributed by atoms with van der Waals surface area (Å²) < 4.78 is 2.63. The topological polar surface area (TPSA) is 3.24 Å². The van der Waals surface area contributed by atoms with Crippen molar-refractivity contribution >= 4 is 59.3 Å². The van der Waals surface area contributed by atoms with Crippen molar-refractivity contribution in [1.82, 2.24) is 0 Å². The van der Waals surface area contributed by atoms with Crippen LogP contribution in [0, 0.1) is 0 Å². The molecule has 1 nitrogen and oxygen atoms in total. The normalized spacial score (nSPS) is 14.7. The number of benzene rings is 8. The average molecular weight is 766 g/mol. The minimum Gasteiger partial charge on any atom is -0.310 e. The van der Waals surface area contributed by atoms with E-state index < -0.39 is 0 Å². The van der Waals surface area contributed by atoms with Crippen molar-refractivity contribution in [3.8, 4) is 33.4 Å². The summed E-state index contributed by atoms with van der Waals surface area (Å²) in [5, 5.41) is 5.17. The van der Waals surface area contributed by atoms with Crippen molar-refractivity contribution in [3.63, 3.8) is 0 Å². The number of fused-ring (bicyclic) bond motifs is 10. The molecule has 0 aliphatic heterocycles. The Morgan fingerprint density at radius 1 is 0.466 bits per heavy atom. The Morgan fingerprint density at radius 2 is 0.983 bits per heavy atom. The maximum Gasteiger partial charge on any atom is 0.0556 e. The highest BCUT2D eigenvalue weighted by Gasteiger charge is 2.50. The van der Waals surface area contributed by atoms with Crippen LogP contribution in [0.1, 0.15) is 76.3 Å². The van der Waals surface area contributed by atoms with Crippen LogP contribution < -0.4 is 4.90 Å². The number of anilines is 3. The van der Waals surface area contributed by atoms with Crippen LogP contribution in [0.2, 0.25) is 0 Å². The van der Waals surface area contributed by atoms with Gasteiger partial charge in [-0.3, -0.25) is 0 Å². The summed E-state index contributed by atoms with van der Waals surface area (Å²) in [5.74, 6) is 0. The molecule has 0 atom stereocenters. The van der Waals surface area contributed by atoms with Crippen molar-refractivity contribution in [2.45, 2.75) is 64.7 Å². The smallest absolute Gasteiger partial charge is 0.0556 e. The Bertz CT molecular complexity index is 3060. The lowest BCUT2D eigenvalue weighted by Crippen LogP contribution is -2.27. The van der Waals surface area contributed by atoms with Gasteiger partial charge in [-0.15, -0.1) is 11.3 Å². The molecule has 11 rings (SSSR count). The van der Waals surface area contributed by atoms with Crippen LogP contribution in [0.5, 0.6) is 0 Å². The summed E-state index contributed by atoms with van der Waals surface area (Å²) in [6.07, 6.45) is 0. The largest absolute Gasteiger partial charge is 0.310 e. The van der Waals surface area contributed by atoms with E-state index in [4.69, 9.17) is 0 Å². The summed E-state index contributed by atoms with van der Waals surface area (Å²) in [7, 11) is 0. The molecule has 0 spiro atoms. The second kappa shape index (κ2) is 12.3. The van der Waals surface area contributed by atoms with Gasteiger partial charge in [0.25, 0.3) is 0 Å². The van der Waals surface area contributed by atoms with Gasteiger partial charge in [0.15, 0.2) is 0 Å². The fraction of sp³-hybridized carbons (Fsp3) is 0.179. The number of hydrogen-bond donors (Lipinski definition) is 0. The number of hydrogen-bond acceptors (Lipinski definition) is 2. The van der Waals surface area contributed by atoms with E-state index in [0.717, 1.165) is 5.69 Å². The summed E-state index contributed by atoms with van der Waals surface area (Å²) in [5.41, 5.74) is 18.2. The van der Waals surface area contributed by atoms with Gasteiger partial charge >= 0.3 is 0 Å². The maximum atomic E-state index is 2.64. The van der Waals surface area contributed by atoms with Crippen LogP contribution in [0.3, 0.4) is 0 Å². The highest BCUT2D eigenvalue weighted by Crippen LogP contribution is 2.65. The van der Waals surface area contributed by atoms with Gasteiger partial charge in [0.2, 0.25) is 0 Å². The van der Waals surface area contributed by atoms with E-state index in [0.29, 0.717) is 0 Å². The zero-order chi connectivity index (χ0) is 39.7. The highest BCUT2D eigenvalue weighted by atomic mass is 32.1. The molecular formula is C56H47NS. The van der Waals surface area contributed by atoms with E-state index in [9.17, 15) is 0 Å². The third-order valence-corrected chi connectivity index (χ3v) is 14.4. The van der Waals surface area contributed by atoms with Crippen LogP contribution in [0.15, 0.2) is 158 Å². The van der Waals surface area contributed by atoms with Gasteiger partial charge in [0, 0.05) is 42.4 Å². The van der Waals surface area contributed by atoms with E-state index >= 15 is 0 Å². The molecule has 1 heterocycles. The standard InChI is InChI=1S/C56H47NS/c1-54(2,3)50-48-42-21-10-13-24-44(42)55(4,5)51(48)53(52-49(50)43-22-11-14-25-45(43)56(52,6)7)57(37-31-32-41-40-20-12-15-26-46(40)58-47(41)33-37)36-29-27-35(28-30-36)39-23-16-18-34-17-8-9-19-38(34)39/h8-33H,1-7H3. The molecule has 8 aromatic carbocycles. The van der Waals surface area contributed by atoms with Gasteiger partial charge in [-0.1, -0.05) is 176 Å². The SMILES string of the molecule is CC(C)(C)c1c2c(c(N(c3ccc(-c4cccc5ccccc45)cc3)c3ccc4c(c3)sc3ccccc34)c3c1-c1ccccc1C3(C)C)C(C)(C)c1ccccc1-2. The molecular weight excluding hydrogens is 719 g/mol. The summed E-state index contributed by atoms with van der Waals surface area (Å²) in [4.78, 5) is 2.64. The predicted octanol–water partition coefficient (Wildman–Crippen LogP) is 16.3. The Kier molecular flexibility index (Phi) is 7.45. The number of nitrogens with zero attached hydrogens (tertiary/aromatic N) is 1. The molecule has 0 saturated heterocycles. The fourth-order valence-electron chi connectivity index (χ4n) is 10.8. The van der Waals surface area contributed by atoms with E-state index in [1.807, 2.05) is 11.3 Å². The Morgan fingerprint density at radius 3 is 1.64 bits per heavy atom. The molecule has 0 fully saturated rings. The minimum absolute atomic E-state index is 0.116. The predicted molar refractivity (Wildman–Crippen MR) is 251 cm³/mol.